The first-order chi connectivity index (χ1) is 17.0. The molecule has 0 aromatic heterocycles. The Balaban J connectivity index is 1.95. The van der Waals surface area contributed by atoms with Gasteiger partial charge in [0.25, 0.3) is 0 Å². The summed E-state index contributed by atoms with van der Waals surface area (Å²) < 4.78 is 27.2. The molecule has 0 radical (unpaired) electrons. The topological polar surface area (TPSA) is 75.6 Å². The van der Waals surface area contributed by atoms with Crippen molar-refractivity contribution in [1.29, 1.82) is 0 Å². The molecule has 0 aliphatic rings. The van der Waals surface area contributed by atoms with E-state index in [0.29, 0.717) is 28.6 Å². The molecule has 0 amide bonds. The van der Waals surface area contributed by atoms with Crippen molar-refractivity contribution in [2.24, 2.45) is 4.99 Å². The number of hydrogen-bond donors (Lipinski definition) is 0. The normalized spacial score (nSPS) is 12.2. The lowest BCUT2D eigenvalue weighted by Crippen LogP contribution is -2.04. The molecular formula is C28H29NO6. The van der Waals surface area contributed by atoms with E-state index in [1.54, 1.807) is 50.8 Å². The fourth-order valence-corrected chi connectivity index (χ4v) is 3.31. The Bertz CT molecular complexity index is 1200. The summed E-state index contributed by atoms with van der Waals surface area (Å²) in [6.07, 6.45) is 3.04. The van der Waals surface area contributed by atoms with Crippen molar-refractivity contribution in [2.45, 2.75) is 13.0 Å². The van der Waals surface area contributed by atoms with Crippen molar-refractivity contribution >= 4 is 17.9 Å². The van der Waals surface area contributed by atoms with Crippen LogP contribution in [0.2, 0.25) is 0 Å². The number of rotatable bonds is 10. The summed E-state index contributed by atoms with van der Waals surface area (Å²) in [6, 6.07) is 20.7. The molecule has 35 heavy (non-hydrogen) atoms. The third kappa shape index (κ3) is 6.63. The second kappa shape index (κ2) is 12.3. The van der Waals surface area contributed by atoms with Crippen LogP contribution in [0.25, 0.3) is 5.76 Å². The first-order valence-electron chi connectivity index (χ1n) is 10.9. The zero-order valence-corrected chi connectivity index (χ0v) is 20.5. The molecule has 182 valence electrons. The molecule has 3 rings (SSSR count). The minimum Gasteiger partial charge on any atom is -0.493 e. The van der Waals surface area contributed by atoms with Crippen LogP contribution in [-0.2, 0) is 9.53 Å². The maximum absolute atomic E-state index is 12.1. The quantitative estimate of drug-likeness (QED) is 0.167. The van der Waals surface area contributed by atoms with Gasteiger partial charge in [0.1, 0.15) is 5.76 Å². The molecule has 0 spiro atoms. The Morgan fingerprint density at radius 3 is 2.11 bits per heavy atom. The van der Waals surface area contributed by atoms with Gasteiger partial charge in [-0.15, -0.1) is 0 Å². The maximum atomic E-state index is 12.1. The van der Waals surface area contributed by atoms with Crippen molar-refractivity contribution in [2.75, 3.05) is 28.4 Å². The molecule has 0 unspecified atom stereocenters. The Morgan fingerprint density at radius 2 is 1.46 bits per heavy atom. The fraction of sp³-hybridized carbons (Fsp3) is 0.214. The number of aliphatic imine (C=N–C) groups is 1. The van der Waals surface area contributed by atoms with Crippen LogP contribution >= 0.6 is 0 Å². The summed E-state index contributed by atoms with van der Waals surface area (Å²) in [4.78, 5) is 16.8. The highest BCUT2D eigenvalue weighted by Crippen LogP contribution is 2.35. The Morgan fingerprint density at radius 1 is 0.800 bits per heavy atom. The Kier molecular flexibility index (Phi) is 8.89. The minimum absolute atomic E-state index is 0.00999. The zero-order chi connectivity index (χ0) is 25.2. The molecule has 0 bridgehead atoms. The predicted molar refractivity (Wildman–Crippen MR) is 136 cm³/mol. The number of hydrogen-bond acceptors (Lipinski definition) is 7. The molecule has 1 atom stereocenters. The van der Waals surface area contributed by atoms with Gasteiger partial charge in [0.15, 0.2) is 23.0 Å². The number of carbonyl (C=O) groups is 1. The third-order valence-corrected chi connectivity index (χ3v) is 5.25. The largest absolute Gasteiger partial charge is 0.493 e. The van der Waals surface area contributed by atoms with Crippen LogP contribution in [0.4, 0.5) is 0 Å². The van der Waals surface area contributed by atoms with Crippen LogP contribution in [0.3, 0.4) is 0 Å². The van der Waals surface area contributed by atoms with Crippen molar-refractivity contribution in [3.05, 3.63) is 89.5 Å². The van der Waals surface area contributed by atoms with Crippen LogP contribution in [0.1, 0.15) is 29.7 Å². The summed E-state index contributed by atoms with van der Waals surface area (Å²) >= 11 is 0. The average molecular weight is 476 g/mol. The van der Waals surface area contributed by atoms with E-state index in [4.69, 9.17) is 23.7 Å². The van der Waals surface area contributed by atoms with Gasteiger partial charge in [0, 0.05) is 11.8 Å². The number of methoxy groups -OCH3 is 4. The molecule has 0 aliphatic carbocycles. The van der Waals surface area contributed by atoms with E-state index in [9.17, 15) is 4.79 Å². The minimum atomic E-state index is -0.567. The molecule has 7 heteroatoms. The van der Waals surface area contributed by atoms with Crippen molar-refractivity contribution < 1.29 is 28.5 Å². The first kappa shape index (κ1) is 25.4. The summed E-state index contributed by atoms with van der Waals surface area (Å²) in [5.74, 6) is 1.64. The molecule has 7 nitrogen and oxygen atoms in total. The van der Waals surface area contributed by atoms with Gasteiger partial charge in [-0.3, -0.25) is 4.99 Å². The standard InChI is InChI=1S/C28H29NO6/c1-19(21-9-7-6-8-10-21)29-18-20-11-13-24(32-3)27(15-20)35-25(17-28(30)34-5)22-12-14-23(31-2)26(16-22)33-4/h6-19H,1-5H3/b25-17+,29-18?/t19-/m1/s1. The molecule has 0 fully saturated rings. The summed E-state index contributed by atoms with van der Waals surface area (Å²) in [6.45, 7) is 2.03. The van der Waals surface area contributed by atoms with Gasteiger partial charge in [-0.2, -0.15) is 0 Å². The number of benzene rings is 3. The van der Waals surface area contributed by atoms with Gasteiger partial charge in [-0.1, -0.05) is 30.3 Å². The zero-order valence-electron chi connectivity index (χ0n) is 20.5. The van der Waals surface area contributed by atoms with E-state index in [1.165, 1.54) is 20.3 Å². The van der Waals surface area contributed by atoms with E-state index in [-0.39, 0.29) is 11.8 Å². The van der Waals surface area contributed by atoms with Crippen molar-refractivity contribution in [3.63, 3.8) is 0 Å². The number of ether oxygens (including phenoxy) is 5. The lowest BCUT2D eigenvalue weighted by Gasteiger charge is -2.15. The van der Waals surface area contributed by atoms with Crippen molar-refractivity contribution in [1.82, 2.24) is 0 Å². The third-order valence-electron chi connectivity index (χ3n) is 5.25. The van der Waals surface area contributed by atoms with Crippen LogP contribution in [0.5, 0.6) is 23.0 Å². The molecule has 3 aromatic rings. The smallest absolute Gasteiger partial charge is 0.334 e. The van der Waals surface area contributed by atoms with Crippen LogP contribution < -0.4 is 18.9 Å². The Labute approximate surface area is 205 Å². The first-order valence-corrected chi connectivity index (χ1v) is 10.9. The molecule has 0 aliphatic heterocycles. The predicted octanol–water partition coefficient (Wildman–Crippen LogP) is 5.49. The number of esters is 1. The highest BCUT2D eigenvalue weighted by Gasteiger charge is 2.15. The Hall–Kier alpha value is -4.26. The summed E-state index contributed by atoms with van der Waals surface area (Å²) in [7, 11) is 5.94. The van der Waals surface area contributed by atoms with Gasteiger partial charge in [-0.05, 0) is 54.4 Å². The molecule has 0 saturated heterocycles. The van der Waals surface area contributed by atoms with Gasteiger partial charge in [-0.25, -0.2) is 4.79 Å². The van der Waals surface area contributed by atoms with Crippen molar-refractivity contribution in [3.8, 4) is 23.0 Å². The van der Waals surface area contributed by atoms with Gasteiger partial charge < -0.3 is 23.7 Å². The van der Waals surface area contributed by atoms with Crippen LogP contribution in [0.15, 0.2) is 77.8 Å². The van der Waals surface area contributed by atoms with E-state index in [0.717, 1.165) is 11.1 Å². The average Bonchev–Trinajstić information content (AvgIpc) is 2.91. The maximum Gasteiger partial charge on any atom is 0.334 e. The van der Waals surface area contributed by atoms with Crippen LogP contribution in [-0.4, -0.2) is 40.6 Å². The molecular weight excluding hydrogens is 446 g/mol. The van der Waals surface area contributed by atoms with Gasteiger partial charge in [0.05, 0.1) is 40.6 Å². The van der Waals surface area contributed by atoms with Gasteiger partial charge in [0.2, 0.25) is 0 Å². The summed E-state index contributed by atoms with van der Waals surface area (Å²) in [5, 5.41) is 0. The van der Waals surface area contributed by atoms with E-state index >= 15 is 0 Å². The highest BCUT2D eigenvalue weighted by atomic mass is 16.5. The lowest BCUT2D eigenvalue weighted by atomic mass is 10.1. The van der Waals surface area contributed by atoms with Crippen LogP contribution in [0, 0.1) is 0 Å². The summed E-state index contributed by atoms with van der Waals surface area (Å²) in [5.41, 5.74) is 2.52. The van der Waals surface area contributed by atoms with E-state index < -0.39 is 5.97 Å². The highest BCUT2D eigenvalue weighted by molar-refractivity contribution is 5.90. The molecule has 0 heterocycles. The van der Waals surface area contributed by atoms with Gasteiger partial charge >= 0.3 is 5.97 Å². The fourth-order valence-electron chi connectivity index (χ4n) is 3.31. The monoisotopic (exact) mass is 475 g/mol. The molecule has 0 N–H and O–H groups in total. The second-order valence-corrected chi connectivity index (χ2v) is 7.48. The SMILES string of the molecule is COC(=O)/C=C(/Oc1cc(C=N[C@H](C)c2ccccc2)ccc1OC)c1ccc(OC)c(OC)c1. The lowest BCUT2D eigenvalue weighted by molar-refractivity contribution is -0.134. The van der Waals surface area contributed by atoms with E-state index in [1.807, 2.05) is 43.3 Å². The molecule has 0 saturated carbocycles. The number of nitrogens with zero attached hydrogens (tertiary/aromatic N) is 1. The molecule has 3 aromatic carbocycles. The number of carbonyl (C=O) groups excluding carboxylic acids is 1. The second-order valence-electron chi connectivity index (χ2n) is 7.48. The van der Waals surface area contributed by atoms with E-state index in [2.05, 4.69) is 4.99 Å².